The number of carboxylic acids is 1. The van der Waals surface area contributed by atoms with Gasteiger partial charge in [0, 0.05) is 5.56 Å². The normalized spacial score (nSPS) is 12.0. The monoisotopic (exact) mass is 314 g/mol. The van der Waals surface area contributed by atoms with Gasteiger partial charge < -0.3 is 14.6 Å². The maximum absolute atomic E-state index is 10.7. The minimum atomic E-state index is -0.954. The second kappa shape index (κ2) is 5.95. The molecule has 1 aliphatic rings. The van der Waals surface area contributed by atoms with Crippen molar-refractivity contribution in [2.45, 2.75) is 5.03 Å². The number of aromatic nitrogens is 1. The minimum absolute atomic E-state index is 0.147. The Balaban J connectivity index is 1.95. The third-order valence-electron chi connectivity index (χ3n) is 2.98. The summed E-state index contributed by atoms with van der Waals surface area (Å²) in [5, 5.41) is 18.3. The molecular formula is C15H10N2O4S. The van der Waals surface area contributed by atoms with Crippen LogP contribution in [0, 0.1) is 11.3 Å². The van der Waals surface area contributed by atoms with Crippen LogP contribution in [-0.2, 0) is 4.79 Å². The Morgan fingerprint density at radius 3 is 2.91 bits per heavy atom. The fourth-order valence-electron chi connectivity index (χ4n) is 1.98. The van der Waals surface area contributed by atoms with Crippen LogP contribution in [0.5, 0.6) is 11.5 Å². The predicted octanol–water partition coefficient (Wildman–Crippen LogP) is 2.53. The first-order valence-corrected chi connectivity index (χ1v) is 7.31. The maximum Gasteiger partial charge on any atom is 0.313 e. The van der Waals surface area contributed by atoms with Crippen LogP contribution in [0.4, 0.5) is 0 Å². The summed E-state index contributed by atoms with van der Waals surface area (Å²) < 4.78 is 10.6. The number of carboxylic acid groups (broad SMARTS) is 1. The van der Waals surface area contributed by atoms with Gasteiger partial charge in [-0.1, -0.05) is 11.8 Å². The Kier molecular flexibility index (Phi) is 3.85. The van der Waals surface area contributed by atoms with Crippen LogP contribution in [0.3, 0.4) is 0 Å². The molecule has 0 saturated carbocycles. The second-order valence-electron chi connectivity index (χ2n) is 4.41. The molecule has 0 saturated heterocycles. The number of aliphatic carboxylic acids is 1. The van der Waals surface area contributed by atoms with Crippen molar-refractivity contribution in [3.05, 3.63) is 35.9 Å². The molecule has 1 aromatic heterocycles. The molecule has 0 bridgehead atoms. The lowest BCUT2D eigenvalue weighted by molar-refractivity contribution is -0.133. The molecule has 0 aliphatic carbocycles. The molecule has 6 nitrogen and oxygen atoms in total. The number of thioether (sulfide) groups is 1. The fraction of sp³-hybridized carbons (Fsp3) is 0.133. The highest BCUT2D eigenvalue weighted by Gasteiger charge is 2.15. The molecule has 110 valence electrons. The van der Waals surface area contributed by atoms with E-state index in [0.29, 0.717) is 27.8 Å². The van der Waals surface area contributed by atoms with Gasteiger partial charge in [-0.3, -0.25) is 4.79 Å². The minimum Gasteiger partial charge on any atom is -0.481 e. The van der Waals surface area contributed by atoms with E-state index in [4.69, 9.17) is 19.8 Å². The smallest absolute Gasteiger partial charge is 0.313 e. The van der Waals surface area contributed by atoms with E-state index in [0.717, 1.165) is 17.3 Å². The number of nitriles is 1. The number of fused-ring (bicyclic) bond motifs is 1. The van der Waals surface area contributed by atoms with Crippen molar-refractivity contribution in [2.24, 2.45) is 0 Å². The molecule has 0 atom stereocenters. The molecule has 0 amide bonds. The van der Waals surface area contributed by atoms with E-state index in [9.17, 15) is 4.79 Å². The van der Waals surface area contributed by atoms with Crippen molar-refractivity contribution in [3.63, 3.8) is 0 Å². The topological polar surface area (TPSA) is 92.4 Å². The van der Waals surface area contributed by atoms with Gasteiger partial charge in [-0.15, -0.1) is 0 Å². The molecule has 1 aromatic carbocycles. The number of hydrogen-bond donors (Lipinski definition) is 1. The van der Waals surface area contributed by atoms with Gasteiger partial charge in [-0.05, 0) is 30.3 Å². The Morgan fingerprint density at radius 2 is 2.14 bits per heavy atom. The highest BCUT2D eigenvalue weighted by molar-refractivity contribution is 7.99. The number of hydrogen-bond acceptors (Lipinski definition) is 6. The van der Waals surface area contributed by atoms with Crippen molar-refractivity contribution < 1.29 is 19.4 Å². The van der Waals surface area contributed by atoms with Crippen LogP contribution >= 0.6 is 11.8 Å². The van der Waals surface area contributed by atoms with E-state index < -0.39 is 5.97 Å². The van der Waals surface area contributed by atoms with Gasteiger partial charge in [-0.25, -0.2) is 4.98 Å². The zero-order valence-electron chi connectivity index (χ0n) is 11.3. The number of pyridine rings is 1. The summed E-state index contributed by atoms with van der Waals surface area (Å²) in [6, 6.07) is 10.8. The van der Waals surface area contributed by atoms with E-state index in [1.807, 2.05) is 18.2 Å². The SMILES string of the molecule is N#Cc1ccc(-c2ccc3c(c2)OCO3)nc1SCC(=O)O. The number of rotatable bonds is 4. The average molecular weight is 314 g/mol. The summed E-state index contributed by atoms with van der Waals surface area (Å²) in [6.07, 6.45) is 0. The maximum atomic E-state index is 10.7. The van der Waals surface area contributed by atoms with Gasteiger partial charge in [0.2, 0.25) is 6.79 Å². The first kappa shape index (κ1) is 14.2. The van der Waals surface area contributed by atoms with Crippen molar-refractivity contribution in [1.29, 1.82) is 5.26 Å². The zero-order chi connectivity index (χ0) is 15.5. The number of carbonyl (C=O) groups is 1. The molecule has 0 radical (unpaired) electrons. The van der Waals surface area contributed by atoms with Crippen LogP contribution < -0.4 is 9.47 Å². The quantitative estimate of drug-likeness (QED) is 0.867. The molecule has 1 aliphatic heterocycles. The Hall–Kier alpha value is -2.72. The third-order valence-corrected chi connectivity index (χ3v) is 3.96. The third kappa shape index (κ3) is 2.82. The van der Waals surface area contributed by atoms with Crippen molar-refractivity contribution >= 4 is 17.7 Å². The van der Waals surface area contributed by atoms with Gasteiger partial charge in [0.05, 0.1) is 17.0 Å². The van der Waals surface area contributed by atoms with Gasteiger partial charge in [0.1, 0.15) is 11.1 Å². The number of ether oxygens (including phenoxy) is 2. The molecule has 0 fully saturated rings. The van der Waals surface area contributed by atoms with Crippen LogP contribution in [0.15, 0.2) is 35.4 Å². The lowest BCUT2D eigenvalue weighted by atomic mass is 10.1. The van der Waals surface area contributed by atoms with Gasteiger partial charge in [-0.2, -0.15) is 5.26 Å². The highest BCUT2D eigenvalue weighted by Crippen LogP contribution is 2.36. The number of nitrogens with zero attached hydrogens (tertiary/aromatic N) is 2. The Morgan fingerprint density at radius 1 is 1.32 bits per heavy atom. The lowest BCUT2D eigenvalue weighted by Gasteiger charge is -2.06. The van der Waals surface area contributed by atoms with Crippen molar-refractivity contribution in [2.75, 3.05) is 12.5 Å². The van der Waals surface area contributed by atoms with Crippen LogP contribution in [0.1, 0.15) is 5.56 Å². The van der Waals surface area contributed by atoms with Gasteiger partial charge in [0.25, 0.3) is 0 Å². The first-order valence-electron chi connectivity index (χ1n) is 6.33. The first-order chi connectivity index (χ1) is 10.7. The van der Waals surface area contributed by atoms with Gasteiger partial charge in [0.15, 0.2) is 11.5 Å². The highest BCUT2D eigenvalue weighted by atomic mass is 32.2. The molecule has 0 spiro atoms. The largest absolute Gasteiger partial charge is 0.481 e. The molecule has 3 rings (SSSR count). The average Bonchev–Trinajstić information content (AvgIpc) is 3.00. The second-order valence-corrected chi connectivity index (χ2v) is 5.38. The standard InChI is InChI=1S/C15H10N2O4S/c16-6-10-1-3-11(17-15(10)22-7-14(18)19)9-2-4-12-13(5-9)21-8-20-12/h1-5H,7-8H2,(H,18,19). The molecule has 0 unspecified atom stereocenters. The van der Waals surface area contributed by atoms with Crippen molar-refractivity contribution in [1.82, 2.24) is 4.98 Å². The van der Waals surface area contributed by atoms with E-state index in [2.05, 4.69) is 4.98 Å². The summed E-state index contributed by atoms with van der Waals surface area (Å²) in [5.74, 6) is 0.220. The van der Waals surface area contributed by atoms with Gasteiger partial charge >= 0.3 is 5.97 Å². The Bertz CT molecular complexity index is 786. The lowest BCUT2D eigenvalue weighted by Crippen LogP contribution is -2.00. The summed E-state index contributed by atoms with van der Waals surface area (Å²) >= 11 is 1.02. The van der Waals surface area contributed by atoms with E-state index in [1.54, 1.807) is 18.2 Å². The molecule has 2 aromatic rings. The molecule has 7 heteroatoms. The van der Waals surface area contributed by atoms with E-state index >= 15 is 0 Å². The van der Waals surface area contributed by atoms with E-state index in [1.165, 1.54) is 0 Å². The predicted molar refractivity (Wildman–Crippen MR) is 78.9 cm³/mol. The summed E-state index contributed by atoms with van der Waals surface area (Å²) in [4.78, 5) is 15.1. The van der Waals surface area contributed by atoms with Crippen molar-refractivity contribution in [3.8, 4) is 28.8 Å². The molecule has 2 heterocycles. The van der Waals surface area contributed by atoms with Crippen LogP contribution in [0.2, 0.25) is 0 Å². The summed E-state index contributed by atoms with van der Waals surface area (Å²) in [6.45, 7) is 0.194. The van der Waals surface area contributed by atoms with Crippen LogP contribution in [-0.4, -0.2) is 28.6 Å². The molecule has 22 heavy (non-hydrogen) atoms. The number of benzene rings is 1. The fourth-order valence-corrected chi connectivity index (χ4v) is 2.67. The zero-order valence-corrected chi connectivity index (χ0v) is 12.1. The van der Waals surface area contributed by atoms with E-state index in [-0.39, 0.29) is 12.5 Å². The van der Waals surface area contributed by atoms with Crippen LogP contribution in [0.25, 0.3) is 11.3 Å². The summed E-state index contributed by atoms with van der Waals surface area (Å²) in [5.41, 5.74) is 1.81. The molecular weight excluding hydrogens is 304 g/mol. The molecule has 1 N–H and O–H groups in total. The Labute approximate surface area is 130 Å². The summed E-state index contributed by atoms with van der Waals surface area (Å²) in [7, 11) is 0.